The van der Waals surface area contributed by atoms with Crippen molar-refractivity contribution in [3.63, 3.8) is 0 Å². The first kappa shape index (κ1) is 20.7. The van der Waals surface area contributed by atoms with Crippen molar-refractivity contribution in [1.29, 1.82) is 0 Å². The molecule has 0 bridgehead atoms. The molecule has 19 heavy (non-hydrogen) atoms. The molecule has 116 valence electrons. The van der Waals surface area contributed by atoms with E-state index >= 15 is 0 Å². The molecular weight excluding hydrogens is 238 g/mol. The Hall–Kier alpha value is -0.570. The van der Waals surface area contributed by atoms with Crippen LogP contribution in [0.4, 0.5) is 0 Å². The SMILES string of the molecule is CCCCCCC(CCCCCC)C(C)C(=O)[O-].[NH4+]. The van der Waals surface area contributed by atoms with Gasteiger partial charge in [0.25, 0.3) is 0 Å². The lowest BCUT2D eigenvalue weighted by molar-refractivity contribution is -0.312. The van der Waals surface area contributed by atoms with E-state index in [0.29, 0.717) is 5.92 Å². The van der Waals surface area contributed by atoms with Crippen molar-refractivity contribution in [3.8, 4) is 0 Å². The fraction of sp³-hybridized carbons (Fsp3) is 0.938. The number of carbonyl (C=O) groups is 1. The van der Waals surface area contributed by atoms with Gasteiger partial charge in [0.2, 0.25) is 0 Å². The van der Waals surface area contributed by atoms with Crippen molar-refractivity contribution < 1.29 is 9.90 Å². The van der Waals surface area contributed by atoms with Crippen molar-refractivity contribution in [2.45, 2.75) is 85.0 Å². The van der Waals surface area contributed by atoms with Gasteiger partial charge in [0.1, 0.15) is 0 Å². The second kappa shape index (κ2) is 13.9. The maximum Gasteiger partial charge on any atom is 0.0445 e. The van der Waals surface area contributed by atoms with Gasteiger partial charge < -0.3 is 16.1 Å². The number of aliphatic carboxylic acids is 1. The van der Waals surface area contributed by atoms with Crippen LogP contribution in [0.25, 0.3) is 0 Å². The van der Waals surface area contributed by atoms with Gasteiger partial charge in [0, 0.05) is 5.97 Å². The highest BCUT2D eigenvalue weighted by atomic mass is 16.4. The average molecular weight is 273 g/mol. The molecule has 0 spiro atoms. The lowest BCUT2D eigenvalue weighted by atomic mass is 9.84. The zero-order valence-corrected chi connectivity index (χ0v) is 13.5. The number of hydrogen-bond acceptors (Lipinski definition) is 2. The van der Waals surface area contributed by atoms with Gasteiger partial charge in [-0.05, 0) is 24.7 Å². The molecule has 0 aromatic carbocycles. The summed E-state index contributed by atoms with van der Waals surface area (Å²) in [4.78, 5) is 11.0. The Balaban J connectivity index is 0. The highest BCUT2D eigenvalue weighted by molar-refractivity contribution is 5.67. The standard InChI is InChI=1S/C16H32O2.H3N/c1-4-6-8-10-12-15(14(3)16(17)18)13-11-9-7-5-2;/h14-15H,4-13H2,1-3H3,(H,17,18);1H3. The Kier molecular flexibility index (Phi) is 15.1. The van der Waals surface area contributed by atoms with Crippen molar-refractivity contribution in [2.24, 2.45) is 11.8 Å². The molecule has 0 amide bonds. The Morgan fingerprint density at radius 2 is 1.32 bits per heavy atom. The molecule has 1 unspecified atom stereocenters. The molecule has 0 saturated heterocycles. The van der Waals surface area contributed by atoms with Crippen LogP contribution < -0.4 is 11.3 Å². The number of carbonyl (C=O) groups excluding carboxylic acids is 1. The minimum atomic E-state index is -0.869. The Morgan fingerprint density at radius 3 is 1.63 bits per heavy atom. The number of carboxylic acid groups (broad SMARTS) is 1. The lowest BCUT2D eigenvalue weighted by Crippen LogP contribution is -2.34. The molecule has 3 heteroatoms. The minimum absolute atomic E-state index is 0. The van der Waals surface area contributed by atoms with Crippen LogP contribution in [-0.2, 0) is 4.79 Å². The van der Waals surface area contributed by atoms with E-state index in [1.165, 1.54) is 51.4 Å². The lowest BCUT2D eigenvalue weighted by Gasteiger charge is -2.25. The quantitative estimate of drug-likeness (QED) is 0.538. The van der Waals surface area contributed by atoms with E-state index < -0.39 is 5.97 Å². The number of unbranched alkanes of at least 4 members (excludes halogenated alkanes) is 6. The number of hydrogen-bond donors (Lipinski definition) is 1. The van der Waals surface area contributed by atoms with Crippen LogP contribution in [0.1, 0.15) is 85.0 Å². The summed E-state index contributed by atoms with van der Waals surface area (Å²) in [5.74, 6) is -0.831. The summed E-state index contributed by atoms with van der Waals surface area (Å²) in [5.41, 5.74) is 0. The van der Waals surface area contributed by atoms with Gasteiger partial charge in [-0.1, -0.05) is 72.1 Å². The molecule has 0 aliphatic carbocycles. The van der Waals surface area contributed by atoms with E-state index in [9.17, 15) is 9.90 Å². The third-order valence-electron chi connectivity index (χ3n) is 3.94. The van der Waals surface area contributed by atoms with Crippen LogP contribution >= 0.6 is 0 Å². The van der Waals surface area contributed by atoms with E-state index in [4.69, 9.17) is 0 Å². The predicted octanol–water partition coefficient (Wildman–Crippen LogP) is 4.31. The largest absolute Gasteiger partial charge is 0.550 e. The van der Waals surface area contributed by atoms with Gasteiger partial charge in [-0.3, -0.25) is 0 Å². The molecule has 4 N–H and O–H groups in total. The Morgan fingerprint density at radius 1 is 0.895 bits per heavy atom. The van der Waals surface area contributed by atoms with Crippen LogP contribution in [0.3, 0.4) is 0 Å². The fourth-order valence-electron chi connectivity index (χ4n) is 2.50. The van der Waals surface area contributed by atoms with Crippen LogP contribution in [0.15, 0.2) is 0 Å². The van der Waals surface area contributed by atoms with Crippen molar-refractivity contribution >= 4 is 5.97 Å². The third-order valence-corrected chi connectivity index (χ3v) is 3.94. The van der Waals surface area contributed by atoms with Crippen molar-refractivity contribution in [3.05, 3.63) is 0 Å². The summed E-state index contributed by atoms with van der Waals surface area (Å²) < 4.78 is 0. The summed E-state index contributed by atoms with van der Waals surface area (Å²) in [7, 11) is 0. The maximum absolute atomic E-state index is 11.0. The fourth-order valence-corrected chi connectivity index (χ4v) is 2.50. The van der Waals surface area contributed by atoms with Gasteiger partial charge in [-0.25, -0.2) is 0 Å². The summed E-state index contributed by atoms with van der Waals surface area (Å²) in [5, 5.41) is 11.0. The molecule has 0 aromatic heterocycles. The van der Waals surface area contributed by atoms with E-state index in [0.717, 1.165) is 12.8 Å². The molecular formula is C16H35NO2. The third kappa shape index (κ3) is 11.0. The van der Waals surface area contributed by atoms with Gasteiger partial charge in [-0.15, -0.1) is 0 Å². The van der Waals surface area contributed by atoms with Crippen molar-refractivity contribution in [2.75, 3.05) is 0 Å². The summed E-state index contributed by atoms with van der Waals surface area (Å²) >= 11 is 0. The van der Waals surface area contributed by atoms with Gasteiger partial charge >= 0.3 is 0 Å². The second-order valence-corrected chi connectivity index (χ2v) is 5.57. The average Bonchev–Trinajstić information content (AvgIpc) is 2.36. The molecule has 0 aliphatic heterocycles. The zero-order chi connectivity index (χ0) is 13.8. The second-order valence-electron chi connectivity index (χ2n) is 5.57. The van der Waals surface area contributed by atoms with Crippen LogP contribution in [0, 0.1) is 11.8 Å². The van der Waals surface area contributed by atoms with E-state index in [-0.39, 0.29) is 12.1 Å². The summed E-state index contributed by atoms with van der Waals surface area (Å²) in [6, 6.07) is 0. The molecule has 0 saturated carbocycles. The first-order valence-electron chi connectivity index (χ1n) is 7.84. The predicted molar refractivity (Wildman–Crippen MR) is 81.2 cm³/mol. The molecule has 0 heterocycles. The number of quaternary nitrogens is 1. The van der Waals surface area contributed by atoms with E-state index in [1.807, 2.05) is 6.92 Å². The van der Waals surface area contributed by atoms with Crippen molar-refractivity contribution in [1.82, 2.24) is 6.15 Å². The molecule has 3 nitrogen and oxygen atoms in total. The Bertz CT molecular complexity index is 195. The monoisotopic (exact) mass is 273 g/mol. The molecule has 0 radical (unpaired) electrons. The number of rotatable bonds is 12. The van der Waals surface area contributed by atoms with Crippen LogP contribution in [0.5, 0.6) is 0 Å². The van der Waals surface area contributed by atoms with Crippen LogP contribution in [-0.4, -0.2) is 5.97 Å². The first-order valence-corrected chi connectivity index (χ1v) is 7.84. The maximum atomic E-state index is 11.0. The molecule has 1 atom stereocenters. The van der Waals surface area contributed by atoms with Gasteiger partial charge in [-0.2, -0.15) is 0 Å². The summed E-state index contributed by atoms with van der Waals surface area (Å²) in [6.45, 7) is 6.22. The number of carboxylic acids is 1. The first-order chi connectivity index (χ1) is 8.63. The highest BCUT2D eigenvalue weighted by Gasteiger charge is 2.17. The van der Waals surface area contributed by atoms with E-state index in [2.05, 4.69) is 13.8 Å². The molecule has 0 fully saturated rings. The summed E-state index contributed by atoms with van der Waals surface area (Å²) in [6.07, 6.45) is 11.9. The molecule has 0 rings (SSSR count). The van der Waals surface area contributed by atoms with E-state index in [1.54, 1.807) is 0 Å². The van der Waals surface area contributed by atoms with Gasteiger partial charge in [0.15, 0.2) is 0 Å². The zero-order valence-electron chi connectivity index (χ0n) is 13.5. The highest BCUT2D eigenvalue weighted by Crippen LogP contribution is 2.25. The Labute approximate surface area is 119 Å². The molecule has 0 aromatic rings. The minimum Gasteiger partial charge on any atom is -0.550 e. The molecule has 0 aliphatic rings. The topological polar surface area (TPSA) is 76.6 Å². The van der Waals surface area contributed by atoms with Crippen LogP contribution in [0.2, 0.25) is 0 Å². The van der Waals surface area contributed by atoms with Gasteiger partial charge in [0.05, 0.1) is 0 Å². The normalized spacial score (nSPS) is 12.2. The smallest absolute Gasteiger partial charge is 0.0445 e.